The predicted molar refractivity (Wildman–Crippen MR) is 108 cm³/mol. The van der Waals surface area contributed by atoms with E-state index in [2.05, 4.69) is 5.32 Å². The van der Waals surface area contributed by atoms with E-state index in [0.717, 1.165) is 6.07 Å². The second-order valence-electron chi connectivity index (χ2n) is 5.90. The van der Waals surface area contributed by atoms with Gasteiger partial charge in [0.2, 0.25) is 0 Å². The molecule has 0 aliphatic heterocycles. The number of nitro benzene ring substituents is 1. The third-order valence-electron chi connectivity index (χ3n) is 3.83. The molecule has 1 atom stereocenters. The topological polar surface area (TPSA) is 108 Å². The standard InChI is InChI=1S/C19H18Cl2N2O6/c1-3-28-17-7-4-12(8-16(17)23(26)27)19(25)29-10-18(24)22-11(2)14-6-5-13(20)9-15(14)21/h4-9,11H,3,10H2,1-2H3,(H,22,24). The molecule has 154 valence electrons. The molecule has 0 saturated heterocycles. The Morgan fingerprint density at radius 3 is 2.55 bits per heavy atom. The molecule has 2 rings (SSSR count). The fourth-order valence-corrected chi connectivity index (χ4v) is 3.06. The molecule has 0 aliphatic carbocycles. The molecule has 2 aromatic rings. The Morgan fingerprint density at radius 2 is 1.93 bits per heavy atom. The molecule has 0 aliphatic rings. The Balaban J connectivity index is 1.98. The number of carbonyl (C=O) groups excluding carboxylic acids is 2. The van der Waals surface area contributed by atoms with Crippen LogP contribution in [0.3, 0.4) is 0 Å². The van der Waals surface area contributed by atoms with Gasteiger partial charge in [-0.05, 0) is 43.7 Å². The van der Waals surface area contributed by atoms with Gasteiger partial charge in [0.15, 0.2) is 12.4 Å². The van der Waals surface area contributed by atoms with E-state index in [4.69, 9.17) is 32.7 Å². The van der Waals surface area contributed by atoms with Crippen LogP contribution < -0.4 is 10.1 Å². The number of carbonyl (C=O) groups is 2. The van der Waals surface area contributed by atoms with Crippen LogP contribution in [0, 0.1) is 10.1 Å². The molecule has 10 heteroatoms. The maximum atomic E-state index is 12.1. The van der Waals surface area contributed by atoms with E-state index in [0.29, 0.717) is 15.6 Å². The minimum atomic E-state index is -0.872. The van der Waals surface area contributed by atoms with Crippen molar-refractivity contribution in [3.63, 3.8) is 0 Å². The van der Waals surface area contributed by atoms with Crippen LogP contribution in [0.1, 0.15) is 35.8 Å². The number of ether oxygens (including phenoxy) is 2. The summed E-state index contributed by atoms with van der Waals surface area (Å²) >= 11 is 12.0. The number of benzene rings is 2. The van der Waals surface area contributed by atoms with E-state index in [9.17, 15) is 19.7 Å². The molecule has 29 heavy (non-hydrogen) atoms. The lowest BCUT2D eigenvalue weighted by Crippen LogP contribution is -2.31. The second kappa shape index (κ2) is 10.1. The largest absolute Gasteiger partial charge is 0.487 e. The predicted octanol–water partition coefficient (Wildman–Crippen LogP) is 4.33. The summed E-state index contributed by atoms with van der Waals surface area (Å²) in [6, 6.07) is 8.11. The first-order valence-corrected chi connectivity index (χ1v) is 9.31. The highest BCUT2D eigenvalue weighted by Crippen LogP contribution is 2.28. The Kier molecular flexibility index (Phi) is 7.81. The molecular weight excluding hydrogens is 423 g/mol. The number of halogens is 2. The molecule has 1 amide bonds. The number of nitro groups is 1. The highest BCUT2D eigenvalue weighted by molar-refractivity contribution is 6.35. The molecular formula is C19H18Cl2N2O6. The molecule has 0 saturated carbocycles. The lowest BCUT2D eigenvalue weighted by Gasteiger charge is -2.16. The van der Waals surface area contributed by atoms with Crippen LogP contribution in [-0.4, -0.2) is 30.0 Å². The number of hydrogen-bond acceptors (Lipinski definition) is 6. The quantitative estimate of drug-likeness (QED) is 0.371. The van der Waals surface area contributed by atoms with Crippen molar-refractivity contribution in [2.75, 3.05) is 13.2 Å². The SMILES string of the molecule is CCOc1ccc(C(=O)OCC(=O)NC(C)c2ccc(Cl)cc2Cl)cc1[N+](=O)[O-]. The fraction of sp³-hybridized carbons (Fsp3) is 0.263. The summed E-state index contributed by atoms with van der Waals surface area (Å²) in [7, 11) is 0. The monoisotopic (exact) mass is 440 g/mol. The number of nitrogens with one attached hydrogen (secondary N) is 1. The first kappa shape index (κ1) is 22.4. The van der Waals surface area contributed by atoms with E-state index >= 15 is 0 Å². The van der Waals surface area contributed by atoms with E-state index in [1.54, 1.807) is 32.0 Å². The van der Waals surface area contributed by atoms with Crippen LogP contribution in [0.5, 0.6) is 5.75 Å². The van der Waals surface area contributed by atoms with Crippen molar-refractivity contribution >= 4 is 40.8 Å². The van der Waals surface area contributed by atoms with Crippen molar-refractivity contribution < 1.29 is 24.0 Å². The molecule has 0 heterocycles. The maximum absolute atomic E-state index is 12.1. The van der Waals surface area contributed by atoms with Gasteiger partial charge in [-0.3, -0.25) is 14.9 Å². The Morgan fingerprint density at radius 1 is 1.21 bits per heavy atom. The minimum Gasteiger partial charge on any atom is -0.487 e. The smallest absolute Gasteiger partial charge is 0.338 e. The summed E-state index contributed by atoms with van der Waals surface area (Å²) in [6.07, 6.45) is 0. The number of nitrogens with zero attached hydrogens (tertiary/aromatic N) is 1. The van der Waals surface area contributed by atoms with Crippen molar-refractivity contribution in [3.8, 4) is 5.75 Å². The number of hydrogen-bond donors (Lipinski definition) is 1. The third-order valence-corrected chi connectivity index (χ3v) is 4.39. The second-order valence-corrected chi connectivity index (χ2v) is 6.75. The molecule has 1 unspecified atom stereocenters. The summed E-state index contributed by atoms with van der Waals surface area (Å²) < 4.78 is 10.1. The molecule has 0 aromatic heterocycles. The molecule has 1 N–H and O–H groups in total. The van der Waals surface area contributed by atoms with Gasteiger partial charge in [0.1, 0.15) is 0 Å². The van der Waals surface area contributed by atoms with E-state index in [1.165, 1.54) is 12.1 Å². The van der Waals surface area contributed by atoms with E-state index in [1.807, 2.05) is 0 Å². The Hall–Kier alpha value is -2.84. The zero-order chi connectivity index (χ0) is 21.6. The van der Waals surface area contributed by atoms with Gasteiger partial charge in [-0.1, -0.05) is 29.3 Å². The average Bonchev–Trinajstić information content (AvgIpc) is 2.66. The lowest BCUT2D eigenvalue weighted by molar-refractivity contribution is -0.385. The van der Waals surface area contributed by atoms with Crippen LogP contribution in [0.25, 0.3) is 0 Å². The van der Waals surface area contributed by atoms with Crippen molar-refractivity contribution in [1.82, 2.24) is 5.32 Å². The molecule has 0 radical (unpaired) electrons. The zero-order valence-electron chi connectivity index (χ0n) is 15.6. The van der Waals surface area contributed by atoms with E-state index < -0.39 is 29.4 Å². The fourth-order valence-electron chi connectivity index (χ4n) is 2.49. The summed E-state index contributed by atoms with van der Waals surface area (Å²) in [6.45, 7) is 3.07. The van der Waals surface area contributed by atoms with Crippen molar-refractivity contribution in [3.05, 3.63) is 67.7 Å². The summed E-state index contributed by atoms with van der Waals surface area (Å²) in [5, 5.41) is 14.6. The molecule has 2 aromatic carbocycles. The van der Waals surface area contributed by atoms with Gasteiger partial charge in [-0.2, -0.15) is 0 Å². The number of esters is 1. The summed E-state index contributed by atoms with van der Waals surface area (Å²) in [4.78, 5) is 34.7. The Labute approximate surface area is 176 Å². The summed E-state index contributed by atoms with van der Waals surface area (Å²) in [5.74, 6) is -1.39. The third kappa shape index (κ3) is 6.07. The zero-order valence-corrected chi connectivity index (χ0v) is 17.1. The van der Waals surface area contributed by atoms with Crippen LogP contribution >= 0.6 is 23.2 Å². The van der Waals surface area contributed by atoms with Gasteiger partial charge >= 0.3 is 11.7 Å². The molecule has 0 spiro atoms. The maximum Gasteiger partial charge on any atom is 0.338 e. The Bertz CT molecular complexity index is 935. The van der Waals surface area contributed by atoms with Gasteiger partial charge in [0, 0.05) is 16.1 Å². The van der Waals surface area contributed by atoms with E-state index in [-0.39, 0.29) is 23.6 Å². The normalized spacial score (nSPS) is 11.4. The first-order chi connectivity index (χ1) is 13.7. The van der Waals surface area contributed by atoms with Crippen LogP contribution in [-0.2, 0) is 9.53 Å². The highest BCUT2D eigenvalue weighted by atomic mass is 35.5. The molecule has 8 nitrogen and oxygen atoms in total. The van der Waals surface area contributed by atoms with Gasteiger partial charge in [0.25, 0.3) is 5.91 Å². The van der Waals surface area contributed by atoms with Gasteiger partial charge in [-0.25, -0.2) is 4.79 Å². The number of rotatable bonds is 8. The highest BCUT2D eigenvalue weighted by Gasteiger charge is 2.20. The van der Waals surface area contributed by atoms with Crippen LogP contribution in [0.15, 0.2) is 36.4 Å². The summed E-state index contributed by atoms with van der Waals surface area (Å²) in [5.41, 5.74) is 0.219. The van der Waals surface area contributed by atoms with Gasteiger partial charge in [-0.15, -0.1) is 0 Å². The first-order valence-electron chi connectivity index (χ1n) is 8.55. The van der Waals surface area contributed by atoms with Gasteiger partial charge < -0.3 is 14.8 Å². The van der Waals surface area contributed by atoms with Crippen molar-refractivity contribution in [2.45, 2.75) is 19.9 Å². The lowest BCUT2D eigenvalue weighted by atomic mass is 10.1. The van der Waals surface area contributed by atoms with Gasteiger partial charge in [0.05, 0.1) is 23.1 Å². The number of amides is 1. The molecule has 0 fully saturated rings. The van der Waals surface area contributed by atoms with Crippen LogP contribution in [0.4, 0.5) is 5.69 Å². The van der Waals surface area contributed by atoms with Crippen molar-refractivity contribution in [1.29, 1.82) is 0 Å². The van der Waals surface area contributed by atoms with Crippen molar-refractivity contribution in [2.24, 2.45) is 0 Å². The molecule has 0 bridgehead atoms. The average molecular weight is 441 g/mol. The van der Waals surface area contributed by atoms with Crippen LogP contribution in [0.2, 0.25) is 10.0 Å². The minimum absolute atomic E-state index is 0.0421.